The normalized spacial score (nSPS) is 12.7. The van der Waals surface area contributed by atoms with Crippen molar-refractivity contribution in [3.8, 4) is 18.0 Å². The highest BCUT2D eigenvalue weighted by Gasteiger charge is 2.20. The van der Waals surface area contributed by atoms with E-state index in [1.165, 1.54) is 26.5 Å². The van der Waals surface area contributed by atoms with Crippen molar-refractivity contribution in [2.75, 3.05) is 104 Å². The first-order valence-electron chi connectivity index (χ1n) is 32.3. The summed E-state index contributed by atoms with van der Waals surface area (Å²) in [6.07, 6.45) is 10.0. The molecule has 8 aromatic heterocycles. The zero-order valence-electron chi connectivity index (χ0n) is 55.9. The summed E-state index contributed by atoms with van der Waals surface area (Å²) < 4.78 is 37.5. The van der Waals surface area contributed by atoms with Crippen LogP contribution in [-0.4, -0.2) is 172 Å². The lowest BCUT2D eigenvalue weighted by Crippen LogP contribution is -2.37. The highest BCUT2D eigenvalue weighted by atomic mass is 16.5. The lowest BCUT2D eigenvalue weighted by molar-refractivity contribution is 0.0943. The summed E-state index contributed by atoms with van der Waals surface area (Å²) in [7, 11) is 4.68. The second kappa shape index (κ2) is 35.0. The number of H-pyrrole nitrogens is 3. The van der Waals surface area contributed by atoms with Crippen molar-refractivity contribution in [3.05, 3.63) is 186 Å². The fraction of sp³-hybridized carbons (Fsp3) is 0.328. The predicted molar refractivity (Wildman–Crippen MR) is 376 cm³/mol. The van der Waals surface area contributed by atoms with Gasteiger partial charge in [-0.25, -0.2) is 19.4 Å². The number of benzene rings is 3. The van der Waals surface area contributed by atoms with Crippen LogP contribution in [0.2, 0.25) is 0 Å². The number of aromatic amines is 3. The number of imidazole rings is 3. The number of amides is 3. The number of nitrogens with two attached hydrogens (primary N) is 4. The quantitative estimate of drug-likeness (QED) is 0.0300. The van der Waals surface area contributed by atoms with Gasteiger partial charge in [0.25, 0.3) is 17.7 Å². The number of nitrogens with zero attached hydrogens (tertiary/aromatic N) is 11. The third-order valence-electron chi connectivity index (χ3n) is 15.9. The predicted octanol–water partition coefficient (Wildman–Crippen LogP) is 2.73. The maximum absolute atomic E-state index is 12.5. The molecule has 1 aliphatic heterocycles. The first kappa shape index (κ1) is 71.8. The van der Waals surface area contributed by atoms with E-state index in [-0.39, 0.29) is 110 Å². The molecule has 530 valence electrons. The molecular weight excluding hydrogens is 1300 g/mol. The van der Waals surface area contributed by atoms with E-state index in [4.69, 9.17) is 51.4 Å². The summed E-state index contributed by atoms with van der Waals surface area (Å²) in [5.41, 5.74) is 29.4. The van der Waals surface area contributed by atoms with Gasteiger partial charge >= 0.3 is 35.1 Å². The van der Waals surface area contributed by atoms with Crippen molar-refractivity contribution >= 4 is 74.5 Å². The SMILES string of the molecule is COCCOc1nc(N)c2[nH]c(=O)n(Cc3ccc(C(=O)NCCC4CCCCN4)cc3)c2n1.COCCOc1nc(N)c2[nH]c(=O)n(Cc3ccc(C(=O)NCCn4cccc4)cc3)c2n1.COCCOc1nc(N)c2[nH]c(=O)n(Cc3ccc(C(=O)NCc4ccnc(N)c4)cc3)c2n1. The Labute approximate surface area is 576 Å². The summed E-state index contributed by atoms with van der Waals surface area (Å²) in [5, 5.41) is 12.2. The van der Waals surface area contributed by atoms with E-state index in [1.807, 2.05) is 41.2 Å². The second-order valence-electron chi connectivity index (χ2n) is 23.1. The number of hydrogen-bond donors (Lipinski definition) is 11. The molecule has 1 aliphatic rings. The van der Waals surface area contributed by atoms with Crippen LogP contribution in [0.1, 0.15) is 79.0 Å². The maximum atomic E-state index is 12.5. The number of methoxy groups -OCH3 is 3. The first-order valence-corrected chi connectivity index (χ1v) is 32.3. The molecule has 0 saturated carbocycles. The van der Waals surface area contributed by atoms with Crippen LogP contribution in [0.3, 0.4) is 0 Å². The zero-order chi connectivity index (χ0) is 71.2. The fourth-order valence-electron chi connectivity index (χ4n) is 10.6. The van der Waals surface area contributed by atoms with Gasteiger partial charge in [0.1, 0.15) is 42.2 Å². The summed E-state index contributed by atoms with van der Waals surface area (Å²) >= 11 is 0. The van der Waals surface area contributed by atoms with Crippen molar-refractivity contribution in [2.24, 2.45) is 0 Å². The van der Waals surface area contributed by atoms with Crippen LogP contribution in [0.5, 0.6) is 18.0 Å². The van der Waals surface area contributed by atoms with Crippen molar-refractivity contribution in [1.82, 2.24) is 89.4 Å². The molecule has 34 nitrogen and oxygen atoms in total. The van der Waals surface area contributed by atoms with Crippen LogP contribution >= 0.6 is 0 Å². The number of carbonyl (C=O) groups is 3. The Balaban J connectivity index is 0.000000163. The molecular formula is C67H80N22O12. The molecule has 3 aromatic carbocycles. The fourth-order valence-corrected chi connectivity index (χ4v) is 10.6. The van der Waals surface area contributed by atoms with Gasteiger partial charge in [-0.3, -0.25) is 28.1 Å². The molecule has 101 heavy (non-hydrogen) atoms. The Morgan fingerprint density at radius 1 is 0.505 bits per heavy atom. The lowest BCUT2D eigenvalue weighted by atomic mass is 10.0. The number of hydrogen-bond acceptors (Lipinski definition) is 24. The number of fused-ring (bicyclic) bond motifs is 3. The number of nitrogens with one attached hydrogen (secondary N) is 7. The topological polar surface area (TPSA) is 467 Å². The molecule has 12 rings (SSSR count). The smallest absolute Gasteiger partial charge is 0.328 e. The Morgan fingerprint density at radius 3 is 1.30 bits per heavy atom. The number of nitrogen functional groups attached to an aromatic ring is 4. The number of pyridine rings is 1. The third kappa shape index (κ3) is 19.4. The monoisotopic (exact) mass is 1380 g/mol. The van der Waals surface area contributed by atoms with Crippen molar-refractivity contribution < 1.29 is 42.8 Å². The van der Waals surface area contributed by atoms with E-state index < -0.39 is 0 Å². The first-order chi connectivity index (χ1) is 49.0. The molecule has 11 aromatic rings. The van der Waals surface area contributed by atoms with Gasteiger partial charge in [0, 0.05) is 88.8 Å². The van der Waals surface area contributed by atoms with Crippen LogP contribution in [0.15, 0.2) is 130 Å². The highest BCUT2D eigenvalue weighted by molar-refractivity contribution is 5.95. The molecule has 34 heteroatoms. The van der Waals surface area contributed by atoms with Gasteiger partial charge in [0.2, 0.25) is 0 Å². The Hall–Kier alpha value is -12.0. The van der Waals surface area contributed by atoms with Crippen LogP contribution in [-0.2, 0) is 46.9 Å². The highest BCUT2D eigenvalue weighted by Crippen LogP contribution is 2.23. The molecule has 0 radical (unpaired) electrons. The molecule has 3 amide bonds. The largest absolute Gasteiger partial charge is 0.461 e. The number of anilines is 4. The minimum atomic E-state index is -0.386. The summed E-state index contributed by atoms with van der Waals surface area (Å²) in [5.74, 6) is 0.255. The van der Waals surface area contributed by atoms with E-state index in [9.17, 15) is 28.8 Å². The third-order valence-corrected chi connectivity index (χ3v) is 15.9. The molecule has 0 bridgehead atoms. The molecule has 0 spiro atoms. The van der Waals surface area contributed by atoms with E-state index in [0.717, 1.165) is 41.6 Å². The number of carbonyl (C=O) groups excluding carboxylic acids is 3. The van der Waals surface area contributed by atoms with Gasteiger partial charge in [-0.05, 0) is 109 Å². The number of rotatable bonds is 29. The average molecular weight is 1390 g/mol. The van der Waals surface area contributed by atoms with Gasteiger partial charge in [-0.2, -0.15) is 29.9 Å². The number of ether oxygens (including phenoxy) is 6. The van der Waals surface area contributed by atoms with Gasteiger partial charge < -0.3 is 92.1 Å². The van der Waals surface area contributed by atoms with Crippen molar-refractivity contribution in [3.63, 3.8) is 0 Å². The van der Waals surface area contributed by atoms with Crippen molar-refractivity contribution in [2.45, 2.75) is 64.4 Å². The van der Waals surface area contributed by atoms with Gasteiger partial charge in [-0.1, -0.05) is 42.8 Å². The number of aromatic nitrogens is 14. The van der Waals surface area contributed by atoms with Gasteiger partial charge in [-0.15, -0.1) is 0 Å². The van der Waals surface area contributed by atoms with Crippen LogP contribution in [0.25, 0.3) is 33.5 Å². The molecule has 15 N–H and O–H groups in total. The standard InChI is InChI=1S/C23H31N7O4.C22H24N8O4.C22H25N7O4/c1-33-12-13-34-22-28-19(24)18-20(29-22)30(23(32)27-18)14-15-5-7-16(8-6-15)21(31)26-11-9-17-4-2-3-10-25-17;1-33-8-9-34-21-28-18(24)17-19(29-21)30(22(32)27-17)12-13-2-4-15(5-3-13)20(31)26-11-14-6-7-25-16(23)10-14;1-32-12-13-33-21-26-18(23)17-19(27-21)29(22(31)25-17)14-15-4-6-16(7-5-15)20(30)24-8-11-28-9-2-3-10-28/h5-8,17,25H,2-4,9-14H2,1H3,(H,26,31)(H,27,32)(H2,24,28,29);2-7,10H,8-9,11-12H2,1H3,(H2,23,25)(H,26,31)(H,27,32)(H2,24,28,29);2-7,9-10H,8,11-14H2,1H3,(H,24,30)(H,25,31)(H2,23,26,27). The molecule has 1 unspecified atom stereocenters. The van der Waals surface area contributed by atoms with Gasteiger partial charge in [0.15, 0.2) is 34.4 Å². The van der Waals surface area contributed by atoms with Crippen LogP contribution < -0.4 is 75.5 Å². The molecule has 9 heterocycles. The van der Waals surface area contributed by atoms with E-state index >= 15 is 0 Å². The summed E-state index contributed by atoms with van der Waals surface area (Å²) in [6.45, 7) is 5.81. The second-order valence-corrected chi connectivity index (χ2v) is 23.1. The van der Waals surface area contributed by atoms with E-state index in [1.54, 1.807) is 100 Å². The van der Waals surface area contributed by atoms with Crippen LogP contribution in [0, 0.1) is 0 Å². The minimum Gasteiger partial charge on any atom is -0.461 e. The molecule has 1 atom stereocenters. The average Bonchev–Trinajstić information content (AvgIpc) is 1.66. The molecule has 0 aliphatic carbocycles. The van der Waals surface area contributed by atoms with Crippen LogP contribution in [0.4, 0.5) is 23.3 Å². The number of piperidine rings is 1. The van der Waals surface area contributed by atoms with Gasteiger partial charge in [0.05, 0.1) is 39.5 Å². The zero-order valence-corrected chi connectivity index (χ0v) is 55.9. The van der Waals surface area contributed by atoms with E-state index in [2.05, 4.69) is 71.1 Å². The maximum Gasteiger partial charge on any atom is 0.328 e. The van der Waals surface area contributed by atoms with E-state index in [0.29, 0.717) is 108 Å². The summed E-state index contributed by atoms with van der Waals surface area (Å²) in [6, 6.07) is 29.2. The lowest BCUT2D eigenvalue weighted by Gasteiger charge is -2.23. The molecule has 1 fully saturated rings. The Morgan fingerprint density at radius 2 is 0.911 bits per heavy atom. The Kier molecular flexibility index (Phi) is 24.8. The minimum absolute atomic E-state index is 0.0535. The molecule has 1 saturated heterocycles. The Bertz CT molecular complexity index is 4750. The van der Waals surface area contributed by atoms with Crippen molar-refractivity contribution in [1.29, 1.82) is 0 Å². The summed E-state index contributed by atoms with van der Waals surface area (Å²) in [4.78, 5) is 112.